The molecule has 4 aliphatic rings. The smallest absolute Gasteiger partial charge is 0.155 e. The van der Waals surface area contributed by atoms with E-state index in [1.54, 1.807) is 0 Å². The van der Waals surface area contributed by atoms with Gasteiger partial charge in [-0.2, -0.15) is 0 Å². The van der Waals surface area contributed by atoms with E-state index in [1.165, 1.54) is 23.0 Å². The van der Waals surface area contributed by atoms with Gasteiger partial charge in [-0.1, -0.05) is 46.3 Å². The van der Waals surface area contributed by atoms with E-state index in [0.717, 1.165) is 22.8 Å². The van der Waals surface area contributed by atoms with E-state index >= 15 is 0 Å². The van der Waals surface area contributed by atoms with Crippen molar-refractivity contribution in [3.05, 3.63) is 35.9 Å². The lowest BCUT2D eigenvalue weighted by molar-refractivity contribution is -0.841. The van der Waals surface area contributed by atoms with Gasteiger partial charge in [0, 0.05) is 17.9 Å². The zero-order chi connectivity index (χ0) is 10.9. The van der Waals surface area contributed by atoms with Crippen molar-refractivity contribution in [1.82, 2.24) is 0 Å². The van der Waals surface area contributed by atoms with E-state index in [1.807, 2.05) is 0 Å². The fourth-order valence-corrected chi connectivity index (χ4v) is 5.76. The van der Waals surface area contributed by atoms with Crippen LogP contribution in [-0.2, 0) is 0 Å². The first-order chi connectivity index (χ1) is 7.75. The summed E-state index contributed by atoms with van der Waals surface area (Å²) in [5, 5.41) is 0. The average Bonchev–Trinajstić information content (AvgIpc) is 2.66. The van der Waals surface area contributed by atoms with Gasteiger partial charge in [0.05, 0.1) is 11.4 Å². The Morgan fingerprint density at radius 3 is 2.56 bits per heavy atom. The van der Waals surface area contributed by atoms with Gasteiger partial charge < -0.3 is 4.48 Å². The number of hydrogen-bond donors (Lipinski definition) is 0. The number of quaternary nitrogens is 1. The largest absolute Gasteiger partial charge is 0.302 e. The molecule has 2 heteroatoms. The quantitative estimate of drug-likeness (QED) is 0.443. The molecule has 0 aromatic heterocycles. The highest BCUT2D eigenvalue weighted by Gasteiger charge is 2.82. The summed E-state index contributed by atoms with van der Waals surface area (Å²) < 4.78 is 1.39. The fraction of sp³-hybridized carbons (Fsp3) is 0.571. The van der Waals surface area contributed by atoms with Gasteiger partial charge >= 0.3 is 0 Å². The molecule has 84 valence electrons. The molecule has 1 aliphatic carbocycles. The van der Waals surface area contributed by atoms with Crippen LogP contribution >= 0.6 is 15.9 Å². The Balaban J connectivity index is 1.70. The first-order valence-corrected chi connectivity index (χ1v) is 7.23. The minimum absolute atomic E-state index is 0.698. The molecule has 1 nitrogen and oxygen atoms in total. The molecule has 4 bridgehead atoms. The average molecular weight is 279 g/mol. The van der Waals surface area contributed by atoms with E-state index in [4.69, 9.17) is 0 Å². The molecule has 2 unspecified atom stereocenters. The lowest BCUT2D eigenvalue weighted by atomic mass is 10.1. The summed E-state index contributed by atoms with van der Waals surface area (Å²) in [6.07, 6.45) is 1.47. The van der Waals surface area contributed by atoms with E-state index < -0.39 is 0 Å². The minimum atomic E-state index is 0.698. The van der Waals surface area contributed by atoms with E-state index in [9.17, 15) is 0 Å². The third-order valence-electron chi connectivity index (χ3n) is 5.35. The van der Waals surface area contributed by atoms with E-state index in [-0.39, 0.29) is 0 Å². The summed E-state index contributed by atoms with van der Waals surface area (Å²) >= 11 is 3.91. The van der Waals surface area contributed by atoms with Crippen molar-refractivity contribution in [2.45, 2.75) is 36.3 Å². The predicted molar refractivity (Wildman–Crippen MR) is 68.4 cm³/mol. The maximum Gasteiger partial charge on any atom is 0.155 e. The molecule has 5 rings (SSSR count). The Kier molecular flexibility index (Phi) is 1.76. The summed E-state index contributed by atoms with van der Waals surface area (Å²) in [6, 6.07) is 13.7. The van der Waals surface area contributed by atoms with Crippen molar-refractivity contribution >= 4 is 15.9 Å². The van der Waals surface area contributed by atoms with Crippen LogP contribution in [0, 0.1) is 5.92 Å². The topological polar surface area (TPSA) is 0 Å². The molecule has 16 heavy (non-hydrogen) atoms. The van der Waals surface area contributed by atoms with Crippen molar-refractivity contribution < 1.29 is 4.48 Å². The first kappa shape index (κ1) is 9.67. The van der Waals surface area contributed by atoms with Gasteiger partial charge in [0.1, 0.15) is 12.1 Å². The van der Waals surface area contributed by atoms with Gasteiger partial charge in [-0.15, -0.1) is 0 Å². The zero-order valence-corrected chi connectivity index (χ0v) is 11.1. The normalized spacial score (nSPS) is 49.4. The van der Waals surface area contributed by atoms with Crippen molar-refractivity contribution in [1.29, 1.82) is 0 Å². The molecular formula is C14H17BrN+. The molecule has 1 aromatic carbocycles. The van der Waals surface area contributed by atoms with Gasteiger partial charge in [0.25, 0.3) is 0 Å². The molecule has 6 atom stereocenters. The molecular weight excluding hydrogens is 262 g/mol. The van der Waals surface area contributed by atoms with Crippen molar-refractivity contribution in [3.63, 3.8) is 0 Å². The number of benzene rings is 1. The summed E-state index contributed by atoms with van der Waals surface area (Å²) in [6.45, 7) is 3.84. The van der Waals surface area contributed by atoms with Crippen molar-refractivity contribution in [3.8, 4) is 0 Å². The summed E-state index contributed by atoms with van der Waals surface area (Å²) in [7, 11) is 0. The second-order valence-electron chi connectivity index (χ2n) is 5.76. The number of nitrogens with zero attached hydrogens (tertiary/aromatic N) is 1. The minimum Gasteiger partial charge on any atom is -0.302 e. The molecule has 3 saturated heterocycles. The standard InChI is InChI=1S/C14H17BrN/c1-9(10-5-3-2-4-6-10)16-8-11-7-12(16)14(16)13(11)15/h2-6,9,11-14H,7-8H2,1H3/q+1/t9-,11+,12?,13+,14+,16?/m0/s1. The fourth-order valence-electron chi connectivity index (χ4n) is 4.59. The van der Waals surface area contributed by atoms with E-state index in [0.29, 0.717) is 6.04 Å². The highest BCUT2D eigenvalue weighted by molar-refractivity contribution is 9.09. The van der Waals surface area contributed by atoms with Crippen LogP contribution < -0.4 is 0 Å². The van der Waals surface area contributed by atoms with Crippen LogP contribution in [-0.4, -0.2) is 27.9 Å². The van der Waals surface area contributed by atoms with Gasteiger partial charge in [-0.05, 0) is 6.92 Å². The second-order valence-corrected chi connectivity index (χ2v) is 6.82. The second kappa shape index (κ2) is 2.91. The number of alkyl halides is 1. The van der Waals surface area contributed by atoms with Gasteiger partial charge in [0.2, 0.25) is 0 Å². The Hall–Kier alpha value is -0.340. The summed E-state index contributed by atoms with van der Waals surface area (Å²) in [5.41, 5.74) is 1.53. The Bertz CT molecular complexity index is 432. The number of rotatable bonds is 2. The Morgan fingerprint density at radius 1 is 1.31 bits per heavy atom. The van der Waals surface area contributed by atoms with E-state index in [2.05, 4.69) is 53.2 Å². The number of piperidine rings is 3. The van der Waals surface area contributed by atoms with Crippen molar-refractivity contribution in [2.75, 3.05) is 6.54 Å². The predicted octanol–water partition coefficient (Wildman–Crippen LogP) is 3.11. The van der Waals surface area contributed by atoms with Gasteiger partial charge in [0.15, 0.2) is 6.04 Å². The third-order valence-corrected chi connectivity index (χ3v) is 6.64. The van der Waals surface area contributed by atoms with Crippen LogP contribution in [0.5, 0.6) is 0 Å². The zero-order valence-electron chi connectivity index (χ0n) is 9.51. The molecule has 3 heterocycles. The summed E-state index contributed by atoms with van der Waals surface area (Å²) in [4.78, 5) is 0.809. The van der Waals surface area contributed by atoms with Crippen molar-refractivity contribution in [2.24, 2.45) is 5.92 Å². The third kappa shape index (κ3) is 0.925. The lowest BCUT2D eigenvalue weighted by Crippen LogP contribution is -2.29. The highest BCUT2D eigenvalue weighted by atomic mass is 79.9. The first-order valence-electron chi connectivity index (χ1n) is 6.31. The maximum atomic E-state index is 3.91. The van der Waals surface area contributed by atoms with Crippen LogP contribution in [0.25, 0.3) is 0 Å². The van der Waals surface area contributed by atoms with Crippen LogP contribution in [0.15, 0.2) is 30.3 Å². The molecule has 3 aliphatic heterocycles. The molecule has 0 N–H and O–H groups in total. The molecule has 1 saturated carbocycles. The molecule has 0 radical (unpaired) electrons. The maximum absolute atomic E-state index is 3.91. The summed E-state index contributed by atoms with van der Waals surface area (Å²) in [5.74, 6) is 0.959. The molecule has 0 spiro atoms. The highest BCUT2D eigenvalue weighted by Crippen LogP contribution is 2.67. The number of halogens is 1. The Labute approximate surface area is 105 Å². The van der Waals surface area contributed by atoms with Crippen LogP contribution in [0.4, 0.5) is 0 Å². The van der Waals surface area contributed by atoms with Crippen LogP contribution in [0.2, 0.25) is 0 Å². The monoisotopic (exact) mass is 278 g/mol. The molecule has 4 fully saturated rings. The molecule has 0 amide bonds. The van der Waals surface area contributed by atoms with Crippen LogP contribution in [0.1, 0.15) is 24.9 Å². The van der Waals surface area contributed by atoms with Gasteiger partial charge in [-0.3, -0.25) is 0 Å². The number of hydrogen-bond acceptors (Lipinski definition) is 0. The SMILES string of the molecule is C[C@@H](c1ccccc1)[N+]12C[C@H]3CC1[C@@H]2[C@@H]3Br. The lowest BCUT2D eigenvalue weighted by Gasteiger charge is -2.24. The van der Waals surface area contributed by atoms with Crippen LogP contribution in [0.3, 0.4) is 0 Å². The Morgan fingerprint density at radius 2 is 2.06 bits per heavy atom. The van der Waals surface area contributed by atoms with Gasteiger partial charge in [-0.25, -0.2) is 0 Å². The molecule has 1 aromatic rings.